The zero-order valence-electron chi connectivity index (χ0n) is 12.5. The van der Waals surface area contributed by atoms with Crippen molar-refractivity contribution < 1.29 is 9.47 Å². The van der Waals surface area contributed by atoms with Gasteiger partial charge in [-0.15, -0.1) is 11.3 Å². The van der Waals surface area contributed by atoms with Gasteiger partial charge in [0.15, 0.2) is 11.5 Å². The first-order chi connectivity index (χ1) is 10.1. The second-order valence-corrected chi connectivity index (χ2v) is 6.74. The lowest BCUT2D eigenvalue weighted by Gasteiger charge is -2.15. The van der Waals surface area contributed by atoms with Crippen molar-refractivity contribution in [2.45, 2.75) is 26.8 Å². The Labute approximate surface area is 138 Å². The van der Waals surface area contributed by atoms with E-state index < -0.39 is 0 Å². The van der Waals surface area contributed by atoms with Crippen molar-refractivity contribution in [1.29, 1.82) is 0 Å². The molecule has 0 aliphatic heterocycles. The van der Waals surface area contributed by atoms with Crippen LogP contribution in [0.15, 0.2) is 28.7 Å². The molecule has 1 unspecified atom stereocenters. The van der Waals surface area contributed by atoms with Crippen LogP contribution in [-0.2, 0) is 0 Å². The third-order valence-electron chi connectivity index (χ3n) is 3.11. The van der Waals surface area contributed by atoms with Crippen LogP contribution < -0.4 is 15.2 Å². The maximum Gasteiger partial charge on any atom is 0.161 e. The van der Waals surface area contributed by atoms with Crippen LogP contribution in [-0.4, -0.2) is 13.2 Å². The molecule has 3 nitrogen and oxygen atoms in total. The highest BCUT2D eigenvalue weighted by Gasteiger charge is 2.16. The van der Waals surface area contributed by atoms with Gasteiger partial charge in [0.2, 0.25) is 0 Å². The van der Waals surface area contributed by atoms with E-state index in [0.29, 0.717) is 13.2 Å². The molecule has 2 aromatic rings. The molecule has 0 spiro atoms. The Morgan fingerprint density at radius 3 is 2.38 bits per heavy atom. The number of hydrogen-bond donors (Lipinski definition) is 1. The van der Waals surface area contributed by atoms with E-state index in [4.69, 9.17) is 15.2 Å². The Hall–Kier alpha value is -1.04. The van der Waals surface area contributed by atoms with E-state index >= 15 is 0 Å². The molecule has 2 N–H and O–H groups in total. The molecule has 1 atom stereocenters. The normalized spacial score (nSPS) is 12.2. The van der Waals surface area contributed by atoms with Crippen LogP contribution in [0.1, 0.15) is 35.2 Å². The third kappa shape index (κ3) is 3.78. The summed E-state index contributed by atoms with van der Waals surface area (Å²) in [6.07, 6.45) is 0. The zero-order valence-corrected chi connectivity index (χ0v) is 14.9. The molecule has 1 aromatic heterocycles. The molecule has 0 saturated heterocycles. The van der Waals surface area contributed by atoms with E-state index in [1.807, 2.05) is 32.0 Å². The Morgan fingerprint density at radius 1 is 1.14 bits per heavy atom. The maximum absolute atomic E-state index is 6.38. The summed E-state index contributed by atoms with van der Waals surface area (Å²) in [5.41, 5.74) is 7.40. The fraction of sp³-hybridized carbons (Fsp3) is 0.375. The summed E-state index contributed by atoms with van der Waals surface area (Å²) in [5.74, 6) is 1.51. The van der Waals surface area contributed by atoms with E-state index in [-0.39, 0.29) is 6.04 Å². The Kier molecular flexibility index (Phi) is 5.67. The molecule has 0 radical (unpaired) electrons. The lowest BCUT2D eigenvalue weighted by molar-refractivity contribution is 0.287. The van der Waals surface area contributed by atoms with E-state index in [2.05, 4.69) is 28.9 Å². The van der Waals surface area contributed by atoms with Crippen molar-refractivity contribution in [2.24, 2.45) is 5.73 Å². The Bertz CT molecular complexity index is 593. The quantitative estimate of drug-likeness (QED) is 0.804. The molecule has 1 heterocycles. The van der Waals surface area contributed by atoms with Crippen molar-refractivity contribution in [3.05, 3.63) is 44.1 Å². The van der Waals surface area contributed by atoms with Crippen molar-refractivity contribution in [3.63, 3.8) is 0 Å². The van der Waals surface area contributed by atoms with E-state index in [1.54, 1.807) is 11.3 Å². The number of rotatable bonds is 6. The van der Waals surface area contributed by atoms with Gasteiger partial charge in [-0.25, -0.2) is 0 Å². The summed E-state index contributed by atoms with van der Waals surface area (Å²) in [7, 11) is 0. The number of hydrogen-bond acceptors (Lipinski definition) is 4. The Morgan fingerprint density at radius 2 is 1.81 bits per heavy atom. The van der Waals surface area contributed by atoms with Crippen LogP contribution in [0, 0.1) is 6.92 Å². The van der Waals surface area contributed by atoms with E-state index in [9.17, 15) is 0 Å². The van der Waals surface area contributed by atoms with E-state index in [0.717, 1.165) is 26.4 Å². The Balaban J connectivity index is 2.32. The molecule has 0 aliphatic carbocycles. The summed E-state index contributed by atoms with van der Waals surface area (Å²) >= 11 is 5.25. The first kappa shape index (κ1) is 16.3. The van der Waals surface area contributed by atoms with Crippen LogP contribution >= 0.6 is 27.3 Å². The fourth-order valence-electron chi connectivity index (χ4n) is 2.06. The molecule has 114 valence electrons. The van der Waals surface area contributed by atoms with Gasteiger partial charge in [0.05, 0.1) is 19.3 Å². The average Bonchev–Trinajstić information content (AvgIpc) is 2.80. The number of thiophene rings is 1. The van der Waals surface area contributed by atoms with Gasteiger partial charge in [-0.05, 0) is 60.5 Å². The van der Waals surface area contributed by atoms with Gasteiger partial charge in [0, 0.05) is 14.2 Å². The summed E-state index contributed by atoms with van der Waals surface area (Å²) in [5, 5.41) is 0. The lowest BCUT2D eigenvalue weighted by Crippen LogP contribution is -2.10. The average molecular weight is 370 g/mol. The number of ether oxygens (including phenoxy) is 2. The zero-order chi connectivity index (χ0) is 15.4. The van der Waals surface area contributed by atoms with Crippen LogP contribution in [0.25, 0.3) is 0 Å². The SMILES string of the molecule is CCOc1ccc(C(N)c2cc(Br)c(C)s2)cc1OCC. The lowest BCUT2D eigenvalue weighted by atomic mass is 10.1. The molecular weight excluding hydrogens is 350 g/mol. The van der Waals surface area contributed by atoms with Gasteiger partial charge < -0.3 is 15.2 Å². The van der Waals surface area contributed by atoms with Crippen LogP contribution in [0.3, 0.4) is 0 Å². The minimum absolute atomic E-state index is 0.158. The highest BCUT2D eigenvalue weighted by molar-refractivity contribution is 9.10. The van der Waals surface area contributed by atoms with Crippen LogP contribution in [0.4, 0.5) is 0 Å². The topological polar surface area (TPSA) is 44.5 Å². The number of halogens is 1. The van der Waals surface area contributed by atoms with Crippen molar-refractivity contribution in [1.82, 2.24) is 0 Å². The number of nitrogens with two attached hydrogens (primary N) is 1. The van der Waals surface area contributed by atoms with Gasteiger partial charge in [-0.1, -0.05) is 6.07 Å². The fourth-order valence-corrected chi connectivity index (χ4v) is 3.65. The first-order valence-corrected chi connectivity index (χ1v) is 8.58. The summed E-state index contributed by atoms with van der Waals surface area (Å²) in [6, 6.07) is 7.83. The monoisotopic (exact) mass is 369 g/mol. The predicted octanol–water partition coefficient (Wildman–Crippen LogP) is 4.66. The molecule has 0 saturated carbocycles. The second-order valence-electron chi connectivity index (χ2n) is 4.60. The molecule has 1 aromatic carbocycles. The highest BCUT2D eigenvalue weighted by atomic mass is 79.9. The van der Waals surface area contributed by atoms with Gasteiger partial charge in [0.1, 0.15) is 0 Å². The molecule has 2 rings (SSSR count). The third-order valence-corrected chi connectivity index (χ3v) is 5.33. The highest BCUT2D eigenvalue weighted by Crippen LogP contribution is 2.36. The van der Waals surface area contributed by atoms with Gasteiger partial charge in [0.25, 0.3) is 0 Å². The minimum atomic E-state index is -0.158. The summed E-state index contributed by atoms with van der Waals surface area (Å²) in [4.78, 5) is 2.36. The van der Waals surface area contributed by atoms with E-state index in [1.165, 1.54) is 4.88 Å². The largest absolute Gasteiger partial charge is 0.490 e. The number of benzene rings is 1. The summed E-state index contributed by atoms with van der Waals surface area (Å²) < 4.78 is 12.3. The smallest absolute Gasteiger partial charge is 0.161 e. The maximum atomic E-state index is 6.38. The molecule has 0 fully saturated rings. The van der Waals surface area contributed by atoms with Crippen molar-refractivity contribution in [3.8, 4) is 11.5 Å². The van der Waals surface area contributed by atoms with Crippen molar-refractivity contribution >= 4 is 27.3 Å². The molecule has 0 aliphatic rings. The predicted molar refractivity (Wildman–Crippen MR) is 91.6 cm³/mol. The van der Waals surface area contributed by atoms with Crippen LogP contribution in [0.5, 0.6) is 11.5 Å². The second kappa shape index (κ2) is 7.29. The van der Waals surface area contributed by atoms with Crippen LogP contribution in [0.2, 0.25) is 0 Å². The molecule has 21 heavy (non-hydrogen) atoms. The number of aryl methyl sites for hydroxylation is 1. The molecule has 0 bridgehead atoms. The van der Waals surface area contributed by atoms with Gasteiger partial charge in [-0.2, -0.15) is 0 Å². The van der Waals surface area contributed by atoms with Crippen molar-refractivity contribution in [2.75, 3.05) is 13.2 Å². The summed E-state index contributed by atoms with van der Waals surface area (Å²) in [6.45, 7) is 7.21. The standard InChI is InChI=1S/C16H20BrNO2S/c1-4-19-13-7-6-11(8-14(13)20-5-2)16(18)15-9-12(17)10(3)21-15/h6-9,16H,4-5,18H2,1-3H3. The first-order valence-electron chi connectivity index (χ1n) is 6.97. The molecular formula is C16H20BrNO2S. The van der Waals surface area contributed by atoms with Gasteiger partial charge in [-0.3, -0.25) is 0 Å². The molecule has 5 heteroatoms. The minimum Gasteiger partial charge on any atom is -0.490 e. The molecule has 0 amide bonds. The van der Waals surface area contributed by atoms with Gasteiger partial charge >= 0.3 is 0 Å².